The van der Waals surface area contributed by atoms with E-state index in [1.54, 1.807) is 0 Å². The lowest BCUT2D eigenvalue weighted by atomic mass is 9.24. The molecular formula is C80H70. The molecule has 13 rings (SSSR count). The Morgan fingerprint density at radius 3 is 0.625 bits per heavy atom. The zero-order chi connectivity index (χ0) is 56.0. The summed E-state index contributed by atoms with van der Waals surface area (Å²) >= 11 is 0. The maximum atomic E-state index is 3.55. The number of rotatable bonds is 6. The molecule has 8 aliphatic rings. The zero-order valence-electron chi connectivity index (χ0n) is 48.7. The van der Waals surface area contributed by atoms with E-state index in [4.69, 9.17) is 0 Å². The fraction of sp³-hybridized carbons (Fsp3) is 0.375. The average molecular weight is 1030 g/mol. The molecule has 8 bridgehead atoms. The lowest BCUT2D eigenvalue weighted by molar-refractivity contribution is -0.231. The van der Waals surface area contributed by atoms with Gasteiger partial charge in [-0.05, 0) is 309 Å². The Balaban J connectivity index is 1.28. The first-order chi connectivity index (χ1) is 38.7. The van der Waals surface area contributed by atoms with Crippen molar-refractivity contribution in [1.29, 1.82) is 0 Å². The van der Waals surface area contributed by atoms with Crippen molar-refractivity contribution in [3.63, 3.8) is 0 Å². The van der Waals surface area contributed by atoms with Gasteiger partial charge in [0.05, 0.1) is 0 Å². The van der Waals surface area contributed by atoms with Crippen LogP contribution in [0.5, 0.6) is 0 Å². The fourth-order valence-electron chi connectivity index (χ4n) is 18.6. The van der Waals surface area contributed by atoms with E-state index in [9.17, 15) is 0 Å². The summed E-state index contributed by atoms with van der Waals surface area (Å²) in [5.41, 5.74) is 16.1. The topological polar surface area (TPSA) is 0 Å². The van der Waals surface area contributed by atoms with Crippen LogP contribution in [0.15, 0.2) is 91.0 Å². The highest BCUT2D eigenvalue weighted by atomic mass is 14.8. The van der Waals surface area contributed by atoms with E-state index in [2.05, 4.69) is 209 Å². The summed E-state index contributed by atoms with van der Waals surface area (Å²) in [7, 11) is 0. The van der Waals surface area contributed by atoms with Crippen molar-refractivity contribution in [2.45, 2.75) is 173 Å². The van der Waals surface area contributed by atoms with Gasteiger partial charge in [0.1, 0.15) is 0 Å². The molecular weight excluding hydrogens is 961 g/mol. The van der Waals surface area contributed by atoms with E-state index in [1.165, 1.54) is 34.2 Å². The van der Waals surface area contributed by atoms with Crippen molar-refractivity contribution >= 4 is 0 Å². The first-order valence-corrected chi connectivity index (χ1v) is 28.8. The van der Waals surface area contributed by atoms with Crippen molar-refractivity contribution in [2.24, 2.45) is 16.7 Å². The predicted octanol–water partition coefficient (Wildman–Crippen LogP) is 15.7. The summed E-state index contributed by atoms with van der Waals surface area (Å²) in [6.45, 7) is 19.6. The van der Waals surface area contributed by atoms with Crippen molar-refractivity contribution in [2.75, 3.05) is 0 Å². The molecule has 0 aliphatic heterocycles. The zero-order valence-corrected chi connectivity index (χ0v) is 48.7. The minimum atomic E-state index is -0.263. The van der Waals surface area contributed by atoms with Crippen molar-refractivity contribution in [3.8, 4) is 118 Å². The minimum absolute atomic E-state index is 0.0891. The third kappa shape index (κ3) is 9.14. The molecule has 80 heavy (non-hydrogen) atoms. The van der Waals surface area contributed by atoms with Gasteiger partial charge in [0.2, 0.25) is 0 Å². The van der Waals surface area contributed by atoms with Gasteiger partial charge < -0.3 is 0 Å². The highest BCUT2D eigenvalue weighted by molar-refractivity contribution is 5.59. The molecule has 5 aromatic carbocycles. The molecule has 0 saturated heterocycles. The first kappa shape index (κ1) is 53.7. The standard InChI is InChI=1S/C80H70/c1-11-21-58-31-59(22-12-2)37-69(36-58)74-46-68-47-75(49-74,70-38-60(23-13-3)32-61(39-70)24-14-4)54-79(48-68,53-74)80-55-76(71-40-62(25-15-5)33-63(41-71)26-16-6)50-77(56-80,72-42-64(27-17-7)34-65(43-72)28-18-8)52-78(51-76,57-80)73-44-66(29-19-9)35-67(45-73)30-20-10/h31-45,68H,46-57H2,1-10H3. The normalized spacial score (nSPS) is 28.0. The molecule has 2 atom stereocenters. The van der Waals surface area contributed by atoms with Gasteiger partial charge >= 0.3 is 0 Å². The monoisotopic (exact) mass is 1030 g/mol. The Morgan fingerprint density at radius 1 is 0.225 bits per heavy atom. The van der Waals surface area contributed by atoms with E-state index in [0.717, 1.165) is 126 Å². The summed E-state index contributed by atoms with van der Waals surface area (Å²) < 4.78 is 0. The third-order valence-corrected chi connectivity index (χ3v) is 19.7. The molecule has 2 unspecified atom stereocenters. The van der Waals surface area contributed by atoms with Crippen LogP contribution in [0.1, 0.15) is 230 Å². The molecule has 390 valence electrons. The first-order valence-electron chi connectivity index (χ1n) is 28.8. The summed E-state index contributed by atoms with van der Waals surface area (Å²) in [6.07, 6.45) is 13.0. The molecule has 0 radical (unpaired) electrons. The second-order valence-electron chi connectivity index (χ2n) is 24.8. The SMILES string of the molecule is CC#Cc1cc(C#CC)cc(C23CC4CC(c5cc(C#CC)cc(C#CC)c5)(C2)CC(C25CC6(c7cc(C#CC)cc(C#CC)c7)CC(c7cc(C#CC)cc(C#CC)c7)(CC(c7cc(C#CC)cc(C#CC)c7)(C6)C2)C5)(C4)C3)c1. The van der Waals surface area contributed by atoms with Gasteiger partial charge in [-0.3, -0.25) is 0 Å². The van der Waals surface area contributed by atoms with Crippen LogP contribution >= 0.6 is 0 Å². The number of hydrogen-bond donors (Lipinski definition) is 0. The van der Waals surface area contributed by atoms with Crippen LogP contribution in [0.25, 0.3) is 0 Å². The maximum Gasteiger partial charge on any atom is 0.0260 e. The lowest BCUT2D eigenvalue weighted by Gasteiger charge is -2.79. The molecule has 0 N–H and O–H groups in total. The van der Waals surface area contributed by atoms with Crippen LogP contribution in [0.3, 0.4) is 0 Å². The highest BCUT2D eigenvalue weighted by Gasteiger charge is 2.77. The van der Waals surface area contributed by atoms with Gasteiger partial charge in [-0.15, -0.1) is 59.2 Å². The van der Waals surface area contributed by atoms with E-state index in [-0.39, 0.29) is 37.9 Å². The van der Waals surface area contributed by atoms with Gasteiger partial charge in [0.15, 0.2) is 0 Å². The molecule has 0 aromatic heterocycles. The molecule has 0 heterocycles. The largest absolute Gasteiger partial charge is 0.101 e. The van der Waals surface area contributed by atoms with Crippen molar-refractivity contribution < 1.29 is 0 Å². The summed E-state index contributed by atoms with van der Waals surface area (Å²) in [4.78, 5) is 0. The van der Waals surface area contributed by atoms with E-state index in [1.807, 2.05) is 69.2 Å². The predicted molar refractivity (Wildman–Crippen MR) is 330 cm³/mol. The Labute approximate surface area is 480 Å². The number of hydrogen-bond acceptors (Lipinski definition) is 0. The second-order valence-corrected chi connectivity index (χ2v) is 24.8. The summed E-state index contributed by atoms with van der Waals surface area (Å²) in [5, 5.41) is 0. The van der Waals surface area contributed by atoms with E-state index < -0.39 is 0 Å². The van der Waals surface area contributed by atoms with Crippen LogP contribution in [-0.4, -0.2) is 0 Å². The summed E-state index contributed by atoms with van der Waals surface area (Å²) in [6, 6.07) is 35.7. The molecule has 0 spiro atoms. The lowest BCUT2D eigenvalue weighted by Crippen LogP contribution is -2.73. The molecule has 0 nitrogen and oxygen atoms in total. The highest BCUT2D eigenvalue weighted by Crippen LogP contribution is 2.84. The van der Waals surface area contributed by atoms with Crippen LogP contribution in [-0.2, 0) is 27.1 Å². The van der Waals surface area contributed by atoms with Gasteiger partial charge in [0, 0.05) is 55.6 Å². The van der Waals surface area contributed by atoms with Crippen molar-refractivity contribution in [3.05, 3.63) is 174 Å². The Morgan fingerprint density at radius 2 is 0.412 bits per heavy atom. The maximum absolute atomic E-state index is 3.55. The molecule has 0 heteroatoms. The third-order valence-electron chi connectivity index (χ3n) is 19.7. The molecule has 8 aliphatic carbocycles. The van der Waals surface area contributed by atoms with Gasteiger partial charge in [-0.25, -0.2) is 0 Å². The Bertz CT molecular complexity index is 3580. The van der Waals surface area contributed by atoms with Crippen LogP contribution in [0, 0.1) is 135 Å². The molecule has 0 amide bonds. The Hall–Kier alpha value is -8.30. The quantitative estimate of drug-likeness (QED) is 0.149. The molecule has 8 saturated carbocycles. The van der Waals surface area contributed by atoms with Crippen LogP contribution in [0.2, 0.25) is 0 Å². The van der Waals surface area contributed by atoms with E-state index in [0.29, 0.717) is 5.92 Å². The summed E-state index contributed by atoms with van der Waals surface area (Å²) in [5.74, 6) is 68.8. The average Bonchev–Trinajstić information content (AvgIpc) is 3.49. The fourth-order valence-corrected chi connectivity index (χ4v) is 18.6. The second kappa shape index (κ2) is 20.7. The van der Waals surface area contributed by atoms with Gasteiger partial charge in [-0.1, -0.05) is 59.2 Å². The van der Waals surface area contributed by atoms with Crippen LogP contribution < -0.4 is 0 Å². The molecule has 8 fully saturated rings. The minimum Gasteiger partial charge on any atom is -0.101 e. The van der Waals surface area contributed by atoms with Gasteiger partial charge in [-0.2, -0.15) is 0 Å². The molecule has 5 aromatic rings. The smallest absolute Gasteiger partial charge is 0.0260 e. The van der Waals surface area contributed by atoms with Crippen molar-refractivity contribution in [1.82, 2.24) is 0 Å². The van der Waals surface area contributed by atoms with Crippen LogP contribution in [0.4, 0.5) is 0 Å². The van der Waals surface area contributed by atoms with Gasteiger partial charge in [0.25, 0.3) is 0 Å². The number of benzene rings is 5. The Kier molecular flexibility index (Phi) is 13.9. The van der Waals surface area contributed by atoms with E-state index >= 15 is 0 Å².